The number of carbonyl (C=O) groups is 1. The maximum atomic E-state index is 12.5. The first-order valence-corrected chi connectivity index (χ1v) is 11.4. The molecule has 0 bridgehead atoms. The topological polar surface area (TPSA) is 109 Å². The first-order valence-electron chi connectivity index (χ1n) is 10.4. The zero-order chi connectivity index (χ0) is 23.5. The molecule has 1 aliphatic heterocycles. The zero-order valence-corrected chi connectivity index (χ0v) is 19.3. The maximum absolute atomic E-state index is 12.5. The van der Waals surface area contributed by atoms with Gasteiger partial charge in [0.15, 0.2) is 34.5 Å². The first-order chi connectivity index (χ1) is 16.6. The fraction of sp³-hybridized carbons (Fsp3) is 0.217. The number of hydrogen-bond donors (Lipinski definition) is 1. The van der Waals surface area contributed by atoms with Crippen LogP contribution in [0.4, 0.5) is 5.69 Å². The average molecular weight is 480 g/mol. The summed E-state index contributed by atoms with van der Waals surface area (Å²) in [6.45, 7) is 1.01. The molecule has 0 aliphatic carbocycles. The van der Waals surface area contributed by atoms with Gasteiger partial charge < -0.3 is 24.3 Å². The molecule has 174 valence electrons. The number of carbonyl (C=O) groups excluding carboxylic acids is 1. The minimum atomic E-state index is -0.160. The fourth-order valence-electron chi connectivity index (χ4n) is 3.46. The van der Waals surface area contributed by atoms with Crippen molar-refractivity contribution in [3.8, 4) is 34.4 Å². The number of amides is 1. The SMILES string of the molecule is COc1ccc(-c2nnc3ccc(SCC(=O)Nc4ccc5c(c4)OCCO5)nn23)cc1OC. The molecule has 0 saturated carbocycles. The third-order valence-corrected chi connectivity index (χ3v) is 5.98. The first kappa shape index (κ1) is 21.8. The Hall–Kier alpha value is -3.99. The van der Waals surface area contributed by atoms with Crippen LogP contribution in [0.2, 0.25) is 0 Å². The molecule has 2 aromatic heterocycles. The number of nitrogens with zero attached hydrogens (tertiary/aromatic N) is 4. The van der Waals surface area contributed by atoms with E-state index in [1.807, 2.05) is 24.3 Å². The Morgan fingerprint density at radius 3 is 2.65 bits per heavy atom. The Balaban J connectivity index is 1.30. The standard InChI is InChI=1S/C23H21N5O5S/c1-30-16-5-3-14(11-18(16)31-2)23-26-25-20-7-8-22(27-28(20)23)34-13-21(29)24-15-4-6-17-19(12-15)33-10-9-32-17/h3-8,11-12H,9-10,13H2,1-2H3,(H,24,29). The quantitative estimate of drug-likeness (QED) is 0.399. The molecule has 0 fully saturated rings. The van der Waals surface area contributed by atoms with Crippen molar-refractivity contribution >= 4 is 29.0 Å². The molecule has 0 radical (unpaired) electrons. The lowest BCUT2D eigenvalue weighted by Gasteiger charge is -2.18. The smallest absolute Gasteiger partial charge is 0.234 e. The number of nitrogens with one attached hydrogen (secondary N) is 1. The van der Waals surface area contributed by atoms with Crippen LogP contribution in [0.3, 0.4) is 0 Å². The largest absolute Gasteiger partial charge is 0.493 e. The lowest BCUT2D eigenvalue weighted by atomic mass is 10.2. The van der Waals surface area contributed by atoms with Gasteiger partial charge in [-0.25, -0.2) is 0 Å². The molecule has 1 amide bonds. The number of aromatic nitrogens is 4. The van der Waals surface area contributed by atoms with Gasteiger partial charge in [-0.05, 0) is 42.5 Å². The Morgan fingerprint density at radius 2 is 1.82 bits per heavy atom. The molecular formula is C23H21N5O5S. The molecule has 0 unspecified atom stereocenters. The Morgan fingerprint density at radius 1 is 1.00 bits per heavy atom. The third kappa shape index (κ3) is 4.42. The number of anilines is 1. The summed E-state index contributed by atoms with van der Waals surface area (Å²) in [5.74, 6) is 3.08. The number of rotatable bonds is 7. The van der Waals surface area contributed by atoms with Crippen molar-refractivity contribution in [3.63, 3.8) is 0 Å². The highest BCUT2D eigenvalue weighted by atomic mass is 32.2. The number of methoxy groups -OCH3 is 2. The highest BCUT2D eigenvalue weighted by molar-refractivity contribution is 7.99. The van der Waals surface area contributed by atoms with E-state index in [4.69, 9.17) is 18.9 Å². The minimum Gasteiger partial charge on any atom is -0.493 e. The van der Waals surface area contributed by atoms with E-state index in [0.717, 1.165) is 5.56 Å². The van der Waals surface area contributed by atoms with E-state index >= 15 is 0 Å². The van der Waals surface area contributed by atoms with Crippen molar-refractivity contribution in [3.05, 3.63) is 48.5 Å². The van der Waals surface area contributed by atoms with Crippen molar-refractivity contribution in [1.82, 2.24) is 19.8 Å². The van der Waals surface area contributed by atoms with E-state index in [1.165, 1.54) is 11.8 Å². The molecule has 3 heterocycles. The summed E-state index contributed by atoms with van der Waals surface area (Å²) in [5, 5.41) is 16.6. The van der Waals surface area contributed by atoms with Crippen molar-refractivity contribution < 1.29 is 23.7 Å². The van der Waals surface area contributed by atoms with Gasteiger partial charge in [0.1, 0.15) is 18.2 Å². The van der Waals surface area contributed by atoms with E-state index < -0.39 is 0 Å². The van der Waals surface area contributed by atoms with Crippen LogP contribution in [-0.4, -0.2) is 58.9 Å². The second-order valence-corrected chi connectivity index (χ2v) is 8.23. The molecule has 1 N–H and O–H groups in total. The molecule has 0 atom stereocenters. The summed E-state index contributed by atoms with van der Waals surface area (Å²) in [7, 11) is 3.16. The lowest BCUT2D eigenvalue weighted by molar-refractivity contribution is -0.113. The van der Waals surface area contributed by atoms with E-state index in [9.17, 15) is 4.79 Å². The van der Waals surface area contributed by atoms with Gasteiger partial charge >= 0.3 is 0 Å². The van der Waals surface area contributed by atoms with E-state index in [2.05, 4.69) is 20.6 Å². The van der Waals surface area contributed by atoms with Gasteiger partial charge in [0.25, 0.3) is 0 Å². The third-order valence-electron chi connectivity index (χ3n) is 5.06. The van der Waals surface area contributed by atoms with Gasteiger partial charge in [0.2, 0.25) is 5.91 Å². The van der Waals surface area contributed by atoms with Crippen LogP contribution >= 0.6 is 11.8 Å². The zero-order valence-electron chi connectivity index (χ0n) is 18.5. The molecule has 0 saturated heterocycles. The van der Waals surface area contributed by atoms with E-state index in [1.54, 1.807) is 43.0 Å². The fourth-order valence-corrected chi connectivity index (χ4v) is 4.12. The number of hydrogen-bond acceptors (Lipinski definition) is 9. The van der Waals surface area contributed by atoms with Crippen LogP contribution in [0, 0.1) is 0 Å². The van der Waals surface area contributed by atoms with Crippen molar-refractivity contribution in [2.45, 2.75) is 5.03 Å². The Bertz CT molecular complexity index is 1360. The Kier molecular flexibility index (Phi) is 6.09. The average Bonchev–Trinajstić information content (AvgIpc) is 3.30. The normalized spacial score (nSPS) is 12.4. The molecule has 11 heteroatoms. The molecule has 1 aliphatic rings. The molecular weight excluding hydrogens is 458 g/mol. The van der Waals surface area contributed by atoms with Gasteiger partial charge in [-0.15, -0.1) is 10.2 Å². The van der Waals surface area contributed by atoms with Crippen molar-refractivity contribution in [2.24, 2.45) is 0 Å². The highest BCUT2D eigenvalue weighted by Gasteiger charge is 2.15. The van der Waals surface area contributed by atoms with E-state index in [0.29, 0.717) is 58.4 Å². The van der Waals surface area contributed by atoms with Crippen LogP contribution in [0.25, 0.3) is 17.0 Å². The molecule has 2 aromatic carbocycles. The minimum absolute atomic E-state index is 0.160. The monoisotopic (exact) mass is 479 g/mol. The molecule has 5 rings (SSSR count). The molecule has 10 nitrogen and oxygen atoms in total. The molecule has 0 spiro atoms. The number of fused-ring (bicyclic) bond motifs is 2. The van der Waals surface area contributed by atoms with Gasteiger partial charge in [0, 0.05) is 17.3 Å². The van der Waals surface area contributed by atoms with Crippen LogP contribution < -0.4 is 24.3 Å². The van der Waals surface area contributed by atoms with Crippen molar-refractivity contribution in [1.29, 1.82) is 0 Å². The highest BCUT2D eigenvalue weighted by Crippen LogP contribution is 2.33. The van der Waals surface area contributed by atoms with Gasteiger partial charge in [0.05, 0.1) is 20.0 Å². The summed E-state index contributed by atoms with van der Waals surface area (Å²) in [6, 6.07) is 14.4. The van der Waals surface area contributed by atoms with Gasteiger partial charge in [-0.3, -0.25) is 4.79 Å². The van der Waals surface area contributed by atoms with Gasteiger partial charge in [-0.2, -0.15) is 9.61 Å². The van der Waals surface area contributed by atoms with Crippen LogP contribution in [0.1, 0.15) is 0 Å². The van der Waals surface area contributed by atoms with Crippen LogP contribution in [0.5, 0.6) is 23.0 Å². The summed E-state index contributed by atoms with van der Waals surface area (Å²) < 4.78 is 23.4. The maximum Gasteiger partial charge on any atom is 0.234 e. The van der Waals surface area contributed by atoms with E-state index in [-0.39, 0.29) is 11.7 Å². The predicted octanol–water partition coefficient (Wildman–Crippen LogP) is 3.31. The summed E-state index contributed by atoms with van der Waals surface area (Å²) >= 11 is 1.31. The predicted molar refractivity (Wildman–Crippen MR) is 126 cm³/mol. The molecule has 34 heavy (non-hydrogen) atoms. The summed E-state index contributed by atoms with van der Waals surface area (Å²) in [5.41, 5.74) is 2.01. The van der Waals surface area contributed by atoms with Gasteiger partial charge in [-0.1, -0.05) is 11.8 Å². The second-order valence-electron chi connectivity index (χ2n) is 7.23. The second kappa shape index (κ2) is 9.48. The number of benzene rings is 2. The Labute approximate surface area is 199 Å². The van der Waals surface area contributed by atoms with Crippen LogP contribution in [-0.2, 0) is 4.79 Å². The van der Waals surface area contributed by atoms with Crippen molar-refractivity contribution in [2.75, 3.05) is 38.5 Å². The van der Waals surface area contributed by atoms with Crippen LogP contribution in [0.15, 0.2) is 53.6 Å². The summed E-state index contributed by atoms with van der Waals surface area (Å²) in [4.78, 5) is 12.5. The number of ether oxygens (including phenoxy) is 4. The summed E-state index contributed by atoms with van der Waals surface area (Å²) in [6.07, 6.45) is 0. The lowest BCUT2D eigenvalue weighted by Crippen LogP contribution is -2.17. The molecule has 4 aromatic rings. The number of thioether (sulfide) groups is 1.